The zero-order valence-electron chi connectivity index (χ0n) is 9.46. The first-order valence-electron chi connectivity index (χ1n) is 5.98. The van der Waals surface area contributed by atoms with Crippen molar-refractivity contribution >= 4 is 5.91 Å². The summed E-state index contributed by atoms with van der Waals surface area (Å²) in [6, 6.07) is 0.850. The molecular formula is C11H21N3O. The van der Waals surface area contributed by atoms with Gasteiger partial charge in [-0.15, -0.1) is 0 Å². The molecule has 1 aliphatic carbocycles. The summed E-state index contributed by atoms with van der Waals surface area (Å²) in [5.74, 6) is 0.177. The minimum Gasteiger partial charge on any atom is -0.353 e. The van der Waals surface area contributed by atoms with Gasteiger partial charge in [0.15, 0.2) is 0 Å². The van der Waals surface area contributed by atoms with Crippen molar-refractivity contribution in [2.75, 3.05) is 26.7 Å². The SMILES string of the molecule is CN(CCNC(=O)C1CCCN1)C1CC1. The van der Waals surface area contributed by atoms with Crippen molar-refractivity contribution in [3.05, 3.63) is 0 Å². The first-order valence-corrected chi connectivity index (χ1v) is 5.98. The van der Waals surface area contributed by atoms with Gasteiger partial charge in [-0.05, 0) is 39.3 Å². The topological polar surface area (TPSA) is 44.4 Å². The van der Waals surface area contributed by atoms with Crippen LogP contribution in [0.25, 0.3) is 0 Å². The largest absolute Gasteiger partial charge is 0.353 e. The fourth-order valence-corrected chi connectivity index (χ4v) is 2.08. The van der Waals surface area contributed by atoms with E-state index in [0.29, 0.717) is 0 Å². The van der Waals surface area contributed by atoms with E-state index in [9.17, 15) is 4.79 Å². The molecule has 0 aromatic heterocycles. The van der Waals surface area contributed by atoms with E-state index in [1.807, 2.05) is 0 Å². The number of amides is 1. The molecule has 0 aromatic carbocycles. The molecule has 2 fully saturated rings. The predicted molar refractivity (Wildman–Crippen MR) is 59.7 cm³/mol. The molecular weight excluding hydrogens is 190 g/mol. The number of nitrogens with one attached hydrogen (secondary N) is 2. The van der Waals surface area contributed by atoms with Gasteiger partial charge < -0.3 is 15.5 Å². The lowest BCUT2D eigenvalue weighted by Gasteiger charge is -2.17. The molecule has 1 amide bonds. The van der Waals surface area contributed by atoms with Gasteiger partial charge in [0.1, 0.15) is 0 Å². The third-order valence-corrected chi connectivity index (χ3v) is 3.31. The van der Waals surface area contributed by atoms with Gasteiger partial charge in [0.05, 0.1) is 6.04 Å². The minimum atomic E-state index is 0.0660. The van der Waals surface area contributed by atoms with Crippen molar-refractivity contribution in [1.29, 1.82) is 0 Å². The van der Waals surface area contributed by atoms with Crippen LogP contribution in [0.3, 0.4) is 0 Å². The average molecular weight is 211 g/mol. The molecule has 1 atom stereocenters. The van der Waals surface area contributed by atoms with E-state index in [1.54, 1.807) is 0 Å². The van der Waals surface area contributed by atoms with Crippen LogP contribution in [0.2, 0.25) is 0 Å². The van der Waals surface area contributed by atoms with Gasteiger partial charge in [-0.3, -0.25) is 4.79 Å². The highest BCUT2D eigenvalue weighted by molar-refractivity contribution is 5.81. The maximum Gasteiger partial charge on any atom is 0.237 e. The second-order valence-corrected chi connectivity index (χ2v) is 4.65. The zero-order chi connectivity index (χ0) is 10.7. The molecule has 4 heteroatoms. The maximum absolute atomic E-state index is 11.6. The standard InChI is InChI=1S/C11H21N3O/c1-14(9-4-5-9)8-7-13-11(15)10-3-2-6-12-10/h9-10,12H,2-8H2,1H3,(H,13,15). The fourth-order valence-electron chi connectivity index (χ4n) is 2.08. The van der Waals surface area contributed by atoms with Crippen LogP contribution in [-0.2, 0) is 4.79 Å². The number of rotatable bonds is 5. The summed E-state index contributed by atoms with van der Waals surface area (Å²) in [6.07, 6.45) is 4.77. The molecule has 0 spiro atoms. The summed E-state index contributed by atoms with van der Waals surface area (Å²) in [4.78, 5) is 14.0. The second-order valence-electron chi connectivity index (χ2n) is 4.65. The minimum absolute atomic E-state index is 0.0660. The van der Waals surface area contributed by atoms with Gasteiger partial charge in [-0.1, -0.05) is 0 Å². The molecule has 0 radical (unpaired) electrons. The number of nitrogens with zero attached hydrogens (tertiary/aromatic N) is 1. The maximum atomic E-state index is 11.6. The van der Waals surface area contributed by atoms with E-state index in [-0.39, 0.29) is 11.9 Å². The number of hydrogen-bond donors (Lipinski definition) is 2. The second kappa shape index (κ2) is 4.94. The van der Waals surface area contributed by atoms with Crippen molar-refractivity contribution in [1.82, 2.24) is 15.5 Å². The van der Waals surface area contributed by atoms with Crippen molar-refractivity contribution in [2.45, 2.75) is 37.8 Å². The molecule has 2 rings (SSSR count). The summed E-state index contributed by atoms with van der Waals surface area (Å²) < 4.78 is 0. The van der Waals surface area contributed by atoms with Crippen LogP contribution in [0.4, 0.5) is 0 Å². The highest BCUT2D eigenvalue weighted by Gasteiger charge is 2.26. The summed E-state index contributed by atoms with van der Waals surface area (Å²) in [6.45, 7) is 2.74. The van der Waals surface area contributed by atoms with Gasteiger partial charge >= 0.3 is 0 Å². The lowest BCUT2D eigenvalue weighted by molar-refractivity contribution is -0.122. The van der Waals surface area contributed by atoms with E-state index in [1.165, 1.54) is 12.8 Å². The number of hydrogen-bond acceptors (Lipinski definition) is 3. The van der Waals surface area contributed by atoms with Crippen LogP contribution in [0.15, 0.2) is 0 Å². The summed E-state index contributed by atoms with van der Waals surface area (Å²) in [7, 11) is 2.14. The van der Waals surface area contributed by atoms with Gasteiger partial charge in [-0.25, -0.2) is 0 Å². The third kappa shape index (κ3) is 3.18. The highest BCUT2D eigenvalue weighted by Crippen LogP contribution is 2.24. The summed E-state index contributed by atoms with van der Waals surface area (Å²) in [5.41, 5.74) is 0. The fraction of sp³-hybridized carbons (Fsp3) is 0.909. The van der Waals surface area contributed by atoms with Crippen molar-refractivity contribution in [2.24, 2.45) is 0 Å². The van der Waals surface area contributed by atoms with Gasteiger partial charge in [0, 0.05) is 19.1 Å². The van der Waals surface area contributed by atoms with E-state index in [0.717, 1.165) is 38.5 Å². The molecule has 2 N–H and O–H groups in total. The van der Waals surface area contributed by atoms with Crippen LogP contribution in [-0.4, -0.2) is 49.6 Å². The Morgan fingerprint density at radius 3 is 2.87 bits per heavy atom. The van der Waals surface area contributed by atoms with Gasteiger partial charge in [0.2, 0.25) is 5.91 Å². The molecule has 1 saturated heterocycles. The molecule has 1 unspecified atom stereocenters. The molecule has 2 aliphatic rings. The van der Waals surface area contributed by atoms with Crippen LogP contribution in [0, 0.1) is 0 Å². The Bertz CT molecular complexity index is 222. The normalized spacial score (nSPS) is 25.9. The summed E-state index contributed by atoms with van der Waals surface area (Å²) in [5, 5.41) is 6.20. The molecule has 1 heterocycles. The Morgan fingerprint density at radius 1 is 1.47 bits per heavy atom. The number of carbonyl (C=O) groups excluding carboxylic acids is 1. The van der Waals surface area contributed by atoms with Crippen LogP contribution in [0.5, 0.6) is 0 Å². The van der Waals surface area contributed by atoms with Crippen LogP contribution in [0.1, 0.15) is 25.7 Å². The van der Waals surface area contributed by atoms with Crippen molar-refractivity contribution < 1.29 is 4.79 Å². The Morgan fingerprint density at radius 2 is 2.27 bits per heavy atom. The van der Waals surface area contributed by atoms with E-state index < -0.39 is 0 Å². The van der Waals surface area contributed by atoms with Crippen LogP contribution < -0.4 is 10.6 Å². The van der Waals surface area contributed by atoms with Gasteiger partial charge in [-0.2, -0.15) is 0 Å². The Labute approximate surface area is 91.4 Å². The molecule has 0 bridgehead atoms. The molecule has 15 heavy (non-hydrogen) atoms. The third-order valence-electron chi connectivity index (χ3n) is 3.31. The van der Waals surface area contributed by atoms with Crippen molar-refractivity contribution in [3.8, 4) is 0 Å². The molecule has 1 saturated carbocycles. The smallest absolute Gasteiger partial charge is 0.237 e. The molecule has 1 aliphatic heterocycles. The number of carbonyl (C=O) groups is 1. The van der Waals surface area contributed by atoms with Crippen molar-refractivity contribution in [3.63, 3.8) is 0 Å². The van der Waals surface area contributed by atoms with Crippen LogP contribution >= 0.6 is 0 Å². The Hall–Kier alpha value is -0.610. The lowest BCUT2D eigenvalue weighted by atomic mass is 10.2. The monoisotopic (exact) mass is 211 g/mol. The molecule has 4 nitrogen and oxygen atoms in total. The zero-order valence-corrected chi connectivity index (χ0v) is 9.46. The average Bonchev–Trinajstić information content (AvgIpc) is 2.93. The highest BCUT2D eigenvalue weighted by atomic mass is 16.2. The number of likely N-dealkylation sites (N-methyl/N-ethyl adjacent to an activating group) is 1. The van der Waals surface area contributed by atoms with E-state index in [4.69, 9.17) is 0 Å². The van der Waals surface area contributed by atoms with E-state index in [2.05, 4.69) is 22.6 Å². The summed E-state index contributed by atoms with van der Waals surface area (Å²) >= 11 is 0. The first kappa shape index (κ1) is 10.9. The quantitative estimate of drug-likeness (QED) is 0.670. The lowest BCUT2D eigenvalue weighted by Crippen LogP contribution is -2.43. The Kier molecular flexibility index (Phi) is 3.59. The molecule has 86 valence electrons. The first-order chi connectivity index (χ1) is 7.27. The molecule has 0 aromatic rings. The van der Waals surface area contributed by atoms with Gasteiger partial charge in [0.25, 0.3) is 0 Å². The Balaban J connectivity index is 1.58. The predicted octanol–water partition coefficient (Wildman–Crippen LogP) is -0.0512. The van der Waals surface area contributed by atoms with E-state index >= 15 is 0 Å².